The molecular formula is C16H19NO. The Morgan fingerprint density at radius 1 is 1.11 bits per heavy atom. The van der Waals surface area contributed by atoms with Crippen LogP contribution in [0.5, 0.6) is 0 Å². The van der Waals surface area contributed by atoms with E-state index in [4.69, 9.17) is 0 Å². The lowest BCUT2D eigenvalue weighted by molar-refractivity contribution is 0.0983. The van der Waals surface area contributed by atoms with Crippen LogP contribution in [0.15, 0.2) is 42.5 Å². The first kappa shape index (κ1) is 12.8. The van der Waals surface area contributed by atoms with Crippen molar-refractivity contribution in [1.82, 2.24) is 5.32 Å². The summed E-state index contributed by atoms with van der Waals surface area (Å²) in [6.45, 7) is 4.91. The van der Waals surface area contributed by atoms with Gasteiger partial charge in [-0.3, -0.25) is 4.79 Å². The molecule has 0 fully saturated rings. The van der Waals surface area contributed by atoms with E-state index in [2.05, 4.69) is 19.2 Å². The van der Waals surface area contributed by atoms with Crippen LogP contribution in [0.2, 0.25) is 0 Å². The molecule has 2 heteroatoms. The molecule has 0 aliphatic rings. The lowest BCUT2D eigenvalue weighted by Crippen LogP contribution is -2.25. The van der Waals surface area contributed by atoms with Crippen molar-refractivity contribution in [3.05, 3.63) is 48.0 Å². The molecule has 94 valence electrons. The molecule has 0 aliphatic carbocycles. The number of carbonyl (C=O) groups is 1. The zero-order valence-electron chi connectivity index (χ0n) is 10.9. The number of ketones is 1. The lowest BCUT2D eigenvalue weighted by Gasteiger charge is -2.08. The van der Waals surface area contributed by atoms with Crippen LogP contribution in [0.1, 0.15) is 30.6 Å². The Kier molecular flexibility index (Phi) is 4.11. The highest BCUT2D eigenvalue weighted by atomic mass is 16.1. The summed E-state index contributed by atoms with van der Waals surface area (Å²) in [7, 11) is 0. The van der Waals surface area contributed by atoms with Gasteiger partial charge in [0.1, 0.15) is 0 Å². The Bertz CT molecular complexity index is 540. The summed E-state index contributed by atoms with van der Waals surface area (Å²) in [6.07, 6.45) is 0.548. The predicted octanol–water partition coefficient (Wildman–Crippen LogP) is 3.41. The van der Waals surface area contributed by atoms with Gasteiger partial charge in [0, 0.05) is 24.6 Å². The van der Waals surface area contributed by atoms with E-state index in [-0.39, 0.29) is 5.78 Å². The smallest absolute Gasteiger partial charge is 0.164 e. The van der Waals surface area contributed by atoms with Crippen LogP contribution in [0.3, 0.4) is 0 Å². The van der Waals surface area contributed by atoms with Crippen LogP contribution in [0.4, 0.5) is 0 Å². The molecule has 2 rings (SSSR count). The normalized spacial score (nSPS) is 11.1. The molecule has 0 heterocycles. The average Bonchev–Trinajstić information content (AvgIpc) is 2.37. The molecule has 0 aromatic heterocycles. The molecule has 0 amide bonds. The highest BCUT2D eigenvalue weighted by Crippen LogP contribution is 2.19. The fourth-order valence-electron chi connectivity index (χ4n) is 2.08. The van der Waals surface area contributed by atoms with Gasteiger partial charge in [0.05, 0.1) is 0 Å². The maximum absolute atomic E-state index is 12.2. The molecule has 0 saturated carbocycles. The minimum atomic E-state index is 0.208. The standard InChI is InChI=1S/C16H19NO/c1-12(2)17-11-10-16(18)15-9-5-7-13-6-3-4-8-14(13)15/h3-9,12,17H,10-11H2,1-2H3. The summed E-state index contributed by atoms with van der Waals surface area (Å²) in [5.41, 5.74) is 0.832. The largest absolute Gasteiger partial charge is 0.314 e. The van der Waals surface area contributed by atoms with E-state index < -0.39 is 0 Å². The molecule has 2 aromatic rings. The number of carbonyl (C=O) groups excluding carboxylic acids is 1. The summed E-state index contributed by atoms with van der Waals surface area (Å²) < 4.78 is 0. The lowest BCUT2D eigenvalue weighted by atomic mass is 10.00. The van der Waals surface area contributed by atoms with Crippen molar-refractivity contribution >= 4 is 16.6 Å². The van der Waals surface area contributed by atoms with Gasteiger partial charge in [0.2, 0.25) is 0 Å². The number of benzene rings is 2. The molecule has 0 atom stereocenters. The second-order valence-corrected chi connectivity index (χ2v) is 4.81. The first-order valence-electron chi connectivity index (χ1n) is 6.43. The predicted molar refractivity (Wildman–Crippen MR) is 76.0 cm³/mol. The number of fused-ring (bicyclic) bond motifs is 1. The summed E-state index contributed by atoms with van der Waals surface area (Å²) in [5.74, 6) is 0.208. The molecule has 0 spiro atoms. The van der Waals surface area contributed by atoms with Crippen molar-refractivity contribution in [3.8, 4) is 0 Å². The van der Waals surface area contributed by atoms with Gasteiger partial charge in [0.25, 0.3) is 0 Å². The SMILES string of the molecule is CC(C)NCCC(=O)c1cccc2ccccc12. The van der Waals surface area contributed by atoms with Gasteiger partial charge in [-0.15, -0.1) is 0 Å². The van der Waals surface area contributed by atoms with E-state index in [1.54, 1.807) is 0 Å². The van der Waals surface area contributed by atoms with Gasteiger partial charge in [-0.05, 0) is 10.8 Å². The summed E-state index contributed by atoms with van der Waals surface area (Å²) >= 11 is 0. The van der Waals surface area contributed by atoms with E-state index in [9.17, 15) is 4.79 Å². The zero-order valence-corrected chi connectivity index (χ0v) is 10.9. The quantitative estimate of drug-likeness (QED) is 0.813. The van der Waals surface area contributed by atoms with Crippen LogP contribution in [-0.2, 0) is 0 Å². The number of rotatable bonds is 5. The van der Waals surface area contributed by atoms with Crippen molar-refractivity contribution in [2.24, 2.45) is 0 Å². The molecule has 0 unspecified atom stereocenters. The van der Waals surface area contributed by atoms with Crippen LogP contribution >= 0.6 is 0 Å². The van der Waals surface area contributed by atoms with Crippen molar-refractivity contribution in [1.29, 1.82) is 0 Å². The van der Waals surface area contributed by atoms with E-state index in [1.165, 1.54) is 0 Å². The fourth-order valence-corrected chi connectivity index (χ4v) is 2.08. The Hall–Kier alpha value is -1.67. The first-order chi connectivity index (χ1) is 8.68. The van der Waals surface area contributed by atoms with Crippen molar-refractivity contribution in [3.63, 3.8) is 0 Å². The second-order valence-electron chi connectivity index (χ2n) is 4.81. The minimum absolute atomic E-state index is 0.208. The molecule has 18 heavy (non-hydrogen) atoms. The van der Waals surface area contributed by atoms with E-state index >= 15 is 0 Å². The van der Waals surface area contributed by atoms with Gasteiger partial charge >= 0.3 is 0 Å². The van der Waals surface area contributed by atoms with Crippen molar-refractivity contribution in [2.75, 3.05) is 6.54 Å². The summed E-state index contributed by atoms with van der Waals surface area (Å²) in [5, 5.41) is 5.45. The molecule has 0 bridgehead atoms. The van der Waals surface area contributed by atoms with Crippen molar-refractivity contribution in [2.45, 2.75) is 26.3 Å². The molecule has 1 N–H and O–H groups in total. The Morgan fingerprint density at radius 2 is 1.83 bits per heavy atom. The molecule has 0 aliphatic heterocycles. The number of hydrogen-bond acceptors (Lipinski definition) is 2. The topological polar surface area (TPSA) is 29.1 Å². The highest BCUT2D eigenvalue weighted by Gasteiger charge is 2.09. The number of nitrogens with one attached hydrogen (secondary N) is 1. The van der Waals surface area contributed by atoms with Crippen LogP contribution in [-0.4, -0.2) is 18.4 Å². The van der Waals surface area contributed by atoms with E-state index in [0.717, 1.165) is 22.9 Å². The van der Waals surface area contributed by atoms with Crippen LogP contribution in [0.25, 0.3) is 10.8 Å². The highest BCUT2D eigenvalue weighted by molar-refractivity contribution is 6.08. The van der Waals surface area contributed by atoms with Gasteiger partial charge in [0.15, 0.2) is 5.78 Å². The molecule has 2 aromatic carbocycles. The fraction of sp³-hybridized carbons (Fsp3) is 0.312. The zero-order chi connectivity index (χ0) is 13.0. The third-order valence-corrected chi connectivity index (χ3v) is 2.99. The van der Waals surface area contributed by atoms with Crippen molar-refractivity contribution < 1.29 is 4.79 Å². The van der Waals surface area contributed by atoms with E-state index in [0.29, 0.717) is 12.5 Å². The Labute approximate surface area is 108 Å². The maximum Gasteiger partial charge on any atom is 0.164 e. The van der Waals surface area contributed by atoms with Gasteiger partial charge in [-0.25, -0.2) is 0 Å². The number of Topliss-reactive ketones (excluding diaryl/α,β-unsaturated/α-hetero) is 1. The van der Waals surface area contributed by atoms with Crippen LogP contribution < -0.4 is 5.32 Å². The van der Waals surface area contributed by atoms with Gasteiger partial charge in [-0.1, -0.05) is 56.3 Å². The summed E-state index contributed by atoms with van der Waals surface area (Å²) in [6, 6.07) is 14.4. The molecule has 0 saturated heterocycles. The minimum Gasteiger partial charge on any atom is -0.314 e. The molecular weight excluding hydrogens is 222 g/mol. The van der Waals surface area contributed by atoms with Crippen LogP contribution in [0, 0.1) is 0 Å². The monoisotopic (exact) mass is 241 g/mol. The Balaban J connectivity index is 2.17. The van der Waals surface area contributed by atoms with Gasteiger partial charge in [-0.2, -0.15) is 0 Å². The average molecular weight is 241 g/mol. The molecule has 0 radical (unpaired) electrons. The maximum atomic E-state index is 12.2. The first-order valence-corrected chi connectivity index (χ1v) is 6.43. The van der Waals surface area contributed by atoms with Gasteiger partial charge < -0.3 is 5.32 Å². The third kappa shape index (κ3) is 2.96. The third-order valence-electron chi connectivity index (χ3n) is 2.99. The number of hydrogen-bond donors (Lipinski definition) is 1. The molecule has 2 nitrogen and oxygen atoms in total. The Morgan fingerprint density at radius 3 is 2.61 bits per heavy atom. The second kappa shape index (κ2) is 5.78. The van der Waals surface area contributed by atoms with E-state index in [1.807, 2.05) is 42.5 Å². The summed E-state index contributed by atoms with van der Waals surface area (Å²) in [4.78, 5) is 12.2.